The smallest absolute Gasteiger partial charge is 0.326 e. The molecule has 7 heteroatoms. The Morgan fingerprint density at radius 3 is 2.41 bits per heavy atom. The minimum Gasteiger partial charge on any atom is -0.480 e. The molecule has 2 aromatic rings. The van der Waals surface area contributed by atoms with E-state index in [1.807, 2.05) is 31.2 Å². The van der Waals surface area contributed by atoms with Gasteiger partial charge in [0.15, 0.2) is 0 Å². The summed E-state index contributed by atoms with van der Waals surface area (Å²) < 4.78 is 1.74. The van der Waals surface area contributed by atoms with Crippen LogP contribution in [0.5, 0.6) is 0 Å². The number of benzene rings is 1. The summed E-state index contributed by atoms with van der Waals surface area (Å²) in [6.45, 7) is 3.45. The first-order valence-corrected chi connectivity index (χ1v) is 9.82. The second-order valence-corrected chi connectivity index (χ2v) is 8.13. The molecule has 29 heavy (non-hydrogen) atoms. The third-order valence-electron chi connectivity index (χ3n) is 6.70. The van der Waals surface area contributed by atoms with Gasteiger partial charge in [0.05, 0.1) is 18.1 Å². The highest BCUT2D eigenvalue weighted by molar-refractivity contribution is 6.08. The first kappa shape index (κ1) is 17.8. The molecule has 1 saturated heterocycles. The Hall–Kier alpha value is -3.22. The van der Waals surface area contributed by atoms with Gasteiger partial charge in [-0.3, -0.25) is 9.59 Å². The van der Waals surface area contributed by atoms with Gasteiger partial charge < -0.3 is 9.67 Å². The summed E-state index contributed by atoms with van der Waals surface area (Å²) >= 11 is 0. The van der Waals surface area contributed by atoms with Crippen LogP contribution < -0.4 is 0 Å². The number of carboxylic acid groups (broad SMARTS) is 1. The van der Waals surface area contributed by atoms with Crippen molar-refractivity contribution in [2.45, 2.75) is 26.3 Å². The second-order valence-electron chi connectivity index (χ2n) is 8.13. The van der Waals surface area contributed by atoms with Crippen LogP contribution in [0.2, 0.25) is 0 Å². The third-order valence-corrected chi connectivity index (χ3v) is 6.70. The number of nitrogens with zero attached hydrogens (tertiary/aromatic N) is 3. The molecule has 1 aromatic carbocycles. The molecular weight excluding hydrogens is 370 g/mol. The summed E-state index contributed by atoms with van der Waals surface area (Å²) in [5.74, 6) is -1.68. The fourth-order valence-electron chi connectivity index (χ4n) is 5.31. The van der Waals surface area contributed by atoms with E-state index in [-0.39, 0.29) is 35.5 Å². The summed E-state index contributed by atoms with van der Waals surface area (Å²) in [6.07, 6.45) is 6.50. The van der Waals surface area contributed by atoms with Crippen molar-refractivity contribution in [2.24, 2.45) is 28.8 Å². The number of hydrogen-bond donors (Lipinski definition) is 1. The summed E-state index contributed by atoms with van der Waals surface area (Å²) in [6, 6.07) is 6.72. The Balaban J connectivity index is 1.54. The lowest BCUT2D eigenvalue weighted by Crippen LogP contribution is -2.28. The molecule has 3 aliphatic rings. The molecule has 0 spiro atoms. The fourth-order valence-corrected chi connectivity index (χ4v) is 5.31. The summed E-state index contributed by atoms with van der Waals surface area (Å²) in [4.78, 5) is 37.2. The number of fused-ring (bicyclic) bond motifs is 6. The van der Waals surface area contributed by atoms with Gasteiger partial charge in [-0.25, -0.2) is 4.79 Å². The molecule has 148 valence electrons. The molecule has 2 fully saturated rings. The van der Waals surface area contributed by atoms with Crippen LogP contribution in [0.3, 0.4) is 0 Å². The number of imide groups is 1. The molecule has 2 aliphatic carbocycles. The molecule has 1 aliphatic heterocycles. The van der Waals surface area contributed by atoms with E-state index < -0.39 is 12.0 Å². The molecule has 2 bridgehead atoms. The standard InChI is InChI=1S/C22H21N3O4/c1-11-16(15-5-3-4-6-17(15)24(11)12(2)22(28)29)10-23-25-20(26)18-13-7-8-14(9-13)19(18)21(25)27/h3-8,10,12-14,18-19H,9H2,1-2H3,(H,28,29). The van der Waals surface area contributed by atoms with E-state index in [0.29, 0.717) is 5.56 Å². The molecule has 5 unspecified atom stereocenters. The number of aliphatic carboxylic acids is 1. The maximum absolute atomic E-state index is 12.8. The lowest BCUT2D eigenvalue weighted by atomic mass is 9.85. The largest absolute Gasteiger partial charge is 0.480 e. The highest BCUT2D eigenvalue weighted by atomic mass is 16.4. The van der Waals surface area contributed by atoms with E-state index in [9.17, 15) is 19.5 Å². The highest BCUT2D eigenvalue weighted by Crippen LogP contribution is 2.52. The number of aromatic nitrogens is 1. The number of carboxylic acids is 1. The van der Waals surface area contributed by atoms with Crippen LogP contribution in [0, 0.1) is 30.6 Å². The van der Waals surface area contributed by atoms with Gasteiger partial charge in [-0.2, -0.15) is 10.1 Å². The minimum atomic E-state index is -0.932. The van der Waals surface area contributed by atoms with Crippen LogP contribution in [0.15, 0.2) is 41.5 Å². The van der Waals surface area contributed by atoms with E-state index in [0.717, 1.165) is 28.0 Å². The Kier molecular flexibility index (Phi) is 3.78. The van der Waals surface area contributed by atoms with Gasteiger partial charge in [-0.15, -0.1) is 0 Å². The Morgan fingerprint density at radius 1 is 1.17 bits per heavy atom. The molecule has 2 heterocycles. The predicted octanol–water partition coefficient (Wildman–Crippen LogP) is 2.74. The lowest BCUT2D eigenvalue weighted by molar-refractivity contribution is -0.141. The van der Waals surface area contributed by atoms with Gasteiger partial charge in [0.2, 0.25) is 0 Å². The number of amides is 2. The number of rotatable bonds is 4. The highest BCUT2D eigenvalue weighted by Gasteiger charge is 2.59. The molecular formula is C22H21N3O4. The van der Waals surface area contributed by atoms with Gasteiger partial charge in [-0.1, -0.05) is 30.4 Å². The summed E-state index contributed by atoms with van der Waals surface area (Å²) in [5, 5.41) is 15.6. The maximum Gasteiger partial charge on any atom is 0.326 e. The zero-order valence-electron chi connectivity index (χ0n) is 16.1. The number of carbonyl (C=O) groups excluding carboxylic acids is 2. The van der Waals surface area contributed by atoms with Crippen molar-refractivity contribution in [2.75, 3.05) is 0 Å². The molecule has 0 radical (unpaired) electrons. The zero-order chi connectivity index (χ0) is 20.4. The van der Waals surface area contributed by atoms with Crippen LogP contribution in [0.4, 0.5) is 0 Å². The van der Waals surface area contributed by atoms with E-state index in [1.54, 1.807) is 11.5 Å². The average Bonchev–Trinajstić information content (AvgIpc) is 3.43. The Bertz CT molecular complexity index is 1100. The maximum atomic E-state index is 12.8. The second kappa shape index (κ2) is 6.14. The molecule has 1 saturated carbocycles. The van der Waals surface area contributed by atoms with Crippen molar-refractivity contribution >= 4 is 34.9 Å². The van der Waals surface area contributed by atoms with Crippen LogP contribution >= 0.6 is 0 Å². The third kappa shape index (κ3) is 2.36. The first-order chi connectivity index (χ1) is 13.9. The van der Waals surface area contributed by atoms with Crippen LogP contribution in [-0.4, -0.2) is 38.7 Å². The number of para-hydroxylation sites is 1. The Morgan fingerprint density at radius 2 is 1.79 bits per heavy atom. The van der Waals surface area contributed by atoms with Crippen LogP contribution in [-0.2, 0) is 14.4 Å². The number of hydrogen-bond acceptors (Lipinski definition) is 4. The predicted molar refractivity (Wildman–Crippen MR) is 106 cm³/mol. The topological polar surface area (TPSA) is 92.0 Å². The monoisotopic (exact) mass is 391 g/mol. The lowest BCUT2D eigenvalue weighted by Gasteiger charge is -2.13. The quantitative estimate of drug-likeness (QED) is 0.493. The molecule has 2 amide bonds. The van der Waals surface area contributed by atoms with Gasteiger partial charge >= 0.3 is 5.97 Å². The average molecular weight is 391 g/mol. The number of carbonyl (C=O) groups is 3. The Labute approximate surface area is 167 Å². The van der Waals surface area contributed by atoms with Crippen LogP contribution in [0.1, 0.15) is 30.6 Å². The normalized spacial score (nSPS) is 28.8. The molecule has 7 nitrogen and oxygen atoms in total. The van der Waals surface area contributed by atoms with Gasteiger partial charge in [0, 0.05) is 22.2 Å². The SMILES string of the molecule is Cc1c(C=NN2C(=O)C3C4C=CC(C4)C3C2=O)c2ccccc2n1C(C)C(=O)O. The number of allylic oxidation sites excluding steroid dienone is 2. The van der Waals surface area contributed by atoms with Gasteiger partial charge in [0.1, 0.15) is 6.04 Å². The molecule has 5 atom stereocenters. The number of hydrazone groups is 1. The molecule has 1 aromatic heterocycles. The first-order valence-electron chi connectivity index (χ1n) is 9.82. The van der Waals surface area contributed by atoms with Crippen molar-refractivity contribution in [1.29, 1.82) is 0 Å². The van der Waals surface area contributed by atoms with Crippen molar-refractivity contribution in [3.05, 3.63) is 47.7 Å². The summed E-state index contributed by atoms with van der Waals surface area (Å²) in [7, 11) is 0. The molecule has 5 rings (SSSR count). The van der Waals surface area contributed by atoms with Gasteiger partial charge in [0.25, 0.3) is 11.8 Å². The van der Waals surface area contributed by atoms with Crippen molar-refractivity contribution in [3.63, 3.8) is 0 Å². The van der Waals surface area contributed by atoms with Crippen molar-refractivity contribution in [3.8, 4) is 0 Å². The summed E-state index contributed by atoms with van der Waals surface area (Å²) in [5.41, 5.74) is 2.22. The van der Waals surface area contributed by atoms with Crippen molar-refractivity contribution < 1.29 is 19.5 Å². The van der Waals surface area contributed by atoms with Gasteiger partial charge in [-0.05, 0) is 38.2 Å². The van der Waals surface area contributed by atoms with Crippen molar-refractivity contribution in [1.82, 2.24) is 9.58 Å². The van der Waals surface area contributed by atoms with E-state index in [1.165, 1.54) is 6.21 Å². The van der Waals surface area contributed by atoms with E-state index in [2.05, 4.69) is 17.3 Å². The zero-order valence-corrected chi connectivity index (χ0v) is 16.1. The minimum absolute atomic E-state index is 0.140. The van der Waals surface area contributed by atoms with Crippen LogP contribution in [0.25, 0.3) is 10.9 Å². The molecule has 1 N–H and O–H groups in total. The van der Waals surface area contributed by atoms with E-state index in [4.69, 9.17) is 0 Å². The van der Waals surface area contributed by atoms with E-state index >= 15 is 0 Å². The fraction of sp³-hybridized carbons (Fsp3) is 0.364.